The molecule has 0 aromatic heterocycles. The molecule has 78 valence electrons. The fourth-order valence-electron chi connectivity index (χ4n) is 1.42. The van der Waals surface area contributed by atoms with Crippen LogP contribution in [0.4, 0.5) is 0 Å². The molecule has 13 heavy (non-hydrogen) atoms. The van der Waals surface area contributed by atoms with Crippen molar-refractivity contribution in [2.45, 2.75) is 35.0 Å². The van der Waals surface area contributed by atoms with E-state index in [1.807, 2.05) is 0 Å². The summed E-state index contributed by atoms with van der Waals surface area (Å²) in [6.45, 7) is 0. The Hall–Kier alpha value is 1.69. The van der Waals surface area contributed by atoms with Crippen molar-refractivity contribution in [1.82, 2.24) is 0 Å². The van der Waals surface area contributed by atoms with Crippen molar-refractivity contribution >= 4 is 53.3 Å². The van der Waals surface area contributed by atoms with E-state index < -0.39 is 14.8 Å². The van der Waals surface area contributed by atoms with E-state index in [-0.39, 0.29) is 9.34 Å². The Morgan fingerprint density at radius 2 is 1.54 bits per heavy atom. The summed E-state index contributed by atoms with van der Waals surface area (Å²) in [4.78, 5) is 0. The van der Waals surface area contributed by atoms with E-state index in [9.17, 15) is 0 Å². The molecule has 1 aliphatic rings. The Morgan fingerprint density at radius 3 is 2.08 bits per heavy atom. The molecule has 1 rings (SSSR count). The molecule has 0 saturated carbocycles. The number of rotatable bonds is 1. The average molecular weight is 378 g/mol. The minimum atomic E-state index is -3.14. The zero-order chi connectivity index (χ0) is 9.90. The third-order valence-corrected chi connectivity index (χ3v) is 11.3. The van der Waals surface area contributed by atoms with E-state index >= 15 is 0 Å². The molecule has 0 aromatic carbocycles. The molecule has 0 amide bonds. The Bertz CT molecular complexity index is 187. The van der Waals surface area contributed by atoms with Gasteiger partial charge in [0.2, 0.25) is 0 Å². The molecule has 0 heterocycles. The third kappa shape index (κ3) is 4.37. The monoisotopic (exact) mass is 378 g/mol. The SMILES string of the molecule is ClC1CC/C=C\CCC1[Te](Cl)(Cl)Cl. The standard InChI is InChI=1S/C8H12Cl4Te/c9-7-5-3-1-2-4-6-8(7)13(10,11)12/h1-2,7-8H,3-6H2/b2-1-. The first-order valence-electron chi connectivity index (χ1n) is 4.22. The van der Waals surface area contributed by atoms with Gasteiger partial charge >= 0.3 is 100 Å². The predicted octanol–water partition coefficient (Wildman–Crippen LogP) is 4.75. The van der Waals surface area contributed by atoms with Gasteiger partial charge < -0.3 is 0 Å². The van der Waals surface area contributed by atoms with Crippen molar-refractivity contribution in [2.75, 3.05) is 0 Å². The molecular formula is C8H12Cl4Te. The van der Waals surface area contributed by atoms with E-state index in [4.69, 9.17) is 38.5 Å². The molecule has 2 unspecified atom stereocenters. The summed E-state index contributed by atoms with van der Waals surface area (Å²) < 4.78 is 0.152. The van der Waals surface area contributed by atoms with Crippen LogP contribution in [0.2, 0.25) is 3.97 Å². The molecule has 0 aromatic rings. The van der Waals surface area contributed by atoms with Crippen molar-refractivity contribution < 1.29 is 0 Å². The molecular weight excluding hydrogens is 365 g/mol. The predicted molar refractivity (Wildman–Crippen MR) is 64.3 cm³/mol. The molecule has 0 aliphatic heterocycles. The van der Waals surface area contributed by atoms with Crippen molar-refractivity contribution in [3.63, 3.8) is 0 Å². The van der Waals surface area contributed by atoms with E-state index in [0.29, 0.717) is 0 Å². The molecule has 0 saturated heterocycles. The van der Waals surface area contributed by atoms with Crippen LogP contribution in [0, 0.1) is 0 Å². The van der Waals surface area contributed by atoms with Crippen LogP contribution in [0.25, 0.3) is 0 Å². The van der Waals surface area contributed by atoms with E-state index in [2.05, 4.69) is 12.2 Å². The van der Waals surface area contributed by atoms with Gasteiger partial charge in [-0.3, -0.25) is 0 Å². The first-order valence-corrected chi connectivity index (χ1v) is 14.9. The van der Waals surface area contributed by atoms with E-state index in [0.717, 1.165) is 25.7 Å². The second-order valence-corrected chi connectivity index (χ2v) is 20.9. The molecule has 5 heteroatoms. The van der Waals surface area contributed by atoms with E-state index in [1.54, 1.807) is 0 Å². The fraction of sp³-hybridized carbons (Fsp3) is 0.750. The molecule has 2 atom stereocenters. The molecule has 0 radical (unpaired) electrons. The quantitative estimate of drug-likeness (QED) is 0.351. The van der Waals surface area contributed by atoms with Crippen LogP contribution in [0.1, 0.15) is 25.7 Å². The van der Waals surface area contributed by atoms with Gasteiger partial charge in [0.15, 0.2) is 0 Å². The molecule has 0 bridgehead atoms. The molecule has 0 N–H and O–H groups in total. The summed E-state index contributed by atoms with van der Waals surface area (Å²) in [6, 6.07) is 0. The fourth-order valence-corrected chi connectivity index (χ4v) is 10.6. The van der Waals surface area contributed by atoms with Crippen molar-refractivity contribution in [3.05, 3.63) is 12.2 Å². The normalized spacial score (nSPS) is 34.8. The number of allylic oxidation sites excluding steroid dienone is 2. The van der Waals surface area contributed by atoms with E-state index in [1.165, 1.54) is 0 Å². The Labute approximate surface area is 99.6 Å². The van der Waals surface area contributed by atoms with Crippen LogP contribution in [0.3, 0.4) is 0 Å². The summed E-state index contributed by atoms with van der Waals surface area (Å²) in [7, 11) is 18.1. The number of hydrogen-bond donors (Lipinski definition) is 0. The van der Waals surface area contributed by atoms with Gasteiger partial charge in [-0.05, 0) is 0 Å². The average Bonchev–Trinajstić information content (AvgIpc) is 1.94. The molecule has 1 aliphatic carbocycles. The van der Waals surface area contributed by atoms with Gasteiger partial charge in [0, 0.05) is 0 Å². The summed E-state index contributed by atoms with van der Waals surface area (Å²) >= 11 is 3.07. The summed E-state index contributed by atoms with van der Waals surface area (Å²) in [5, 5.41) is 0.0543. The maximum atomic E-state index is 6.20. The van der Waals surface area contributed by atoms with Crippen molar-refractivity contribution in [2.24, 2.45) is 0 Å². The summed E-state index contributed by atoms with van der Waals surface area (Å²) in [5.74, 6) is 0. The Morgan fingerprint density at radius 1 is 1.00 bits per heavy atom. The minimum absolute atomic E-state index is 0.0543. The van der Waals surface area contributed by atoms with Crippen LogP contribution >= 0.6 is 38.5 Å². The topological polar surface area (TPSA) is 0 Å². The second kappa shape index (κ2) is 5.69. The van der Waals surface area contributed by atoms with Gasteiger partial charge in [-0.25, -0.2) is 0 Å². The van der Waals surface area contributed by atoms with Crippen molar-refractivity contribution in [3.8, 4) is 0 Å². The van der Waals surface area contributed by atoms with Crippen LogP contribution in [0.15, 0.2) is 12.2 Å². The van der Waals surface area contributed by atoms with Crippen LogP contribution in [-0.4, -0.2) is 20.2 Å². The van der Waals surface area contributed by atoms with Crippen LogP contribution in [0.5, 0.6) is 0 Å². The zero-order valence-corrected chi connectivity index (χ0v) is 12.4. The van der Waals surface area contributed by atoms with Gasteiger partial charge in [-0.1, -0.05) is 0 Å². The summed E-state index contributed by atoms with van der Waals surface area (Å²) in [6.07, 6.45) is 8.19. The summed E-state index contributed by atoms with van der Waals surface area (Å²) in [5.41, 5.74) is 0. The molecule has 0 fully saturated rings. The number of alkyl halides is 1. The zero-order valence-electron chi connectivity index (χ0n) is 7.06. The van der Waals surface area contributed by atoms with Gasteiger partial charge in [-0.15, -0.1) is 0 Å². The first kappa shape index (κ1) is 12.8. The van der Waals surface area contributed by atoms with Crippen LogP contribution < -0.4 is 0 Å². The number of hydrogen-bond acceptors (Lipinski definition) is 0. The number of halogens is 4. The van der Waals surface area contributed by atoms with Crippen LogP contribution in [-0.2, 0) is 0 Å². The molecule has 0 spiro atoms. The van der Waals surface area contributed by atoms with Gasteiger partial charge in [0.25, 0.3) is 0 Å². The molecule has 0 nitrogen and oxygen atoms in total. The van der Waals surface area contributed by atoms with Gasteiger partial charge in [-0.2, -0.15) is 0 Å². The maximum absolute atomic E-state index is 6.20. The van der Waals surface area contributed by atoms with Gasteiger partial charge in [0.1, 0.15) is 0 Å². The Balaban J connectivity index is 2.64. The Kier molecular flexibility index (Phi) is 5.58. The first-order chi connectivity index (χ1) is 6.02. The van der Waals surface area contributed by atoms with Gasteiger partial charge in [0.05, 0.1) is 0 Å². The van der Waals surface area contributed by atoms with Crippen molar-refractivity contribution in [1.29, 1.82) is 0 Å². The third-order valence-electron chi connectivity index (χ3n) is 2.14. The second-order valence-electron chi connectivity index (χ2n) is 3.12.